The summed E-state index contributed by atoms with van der Waals surface area (Å²) in [5, 5.41) is 5.24. The molecule has 0 aliphatic heterocycles. The maximum absolute atomic E-state index is 11.0. The van der Waals surface area contributed by atoms with Crippen LogP contribution in [0.1, 0.15) is 6.92 Å². The molecule has 0 spiro atoms. The second kappa shape index (κ2) is 6.17. The Labute approximate surface area is 98.8 Å². The zero-order chi connectivity index (χ0) is 12.0. The van der Waals surface area contributed by atoms with Gasteiger partial charge in [-0.1, -0.05) is 0 Å². The van der Waals surface area contributed by atoms with Crippen molar-refractivity contribution in [2.75, 3.05) is 18.1 Å². The first kappa shape index (κ1) is 12.6. The van der Waals surface area contributed by atoms with Crippen molar-refractivity contribution in [2.24, 2.45) is 0 Å². The Hall–Kier alpha value is -1.49. The van der Waals surface area contributed by atoms with Crippen LogP contribution in [0.25, 0.3) is 0 Å². The fraction of sp³-hybridized carbons (Fsp3) is 0.273. The number of carbonyl (C=O) groups is 2. The van der Waals surface area contributed by atoms with Crippen LogP contribution in [-0.2, 0) is 9.59 Å². The van der Waals surface area contributed by atoms with Crippen molar-refractivity contribution in [1.29, 1.82) is 0 Å². The van der Waals surface area contributed by atoms with Crippen LogP contribution in [-0.4, -0.2) is 24.6 Å². The van der Waals surface area contributed by atoms with Crippen LogP contribution in [0.2, 0.25) is 0 Å². The number of nitrogens with one attached hydrogen (secondary N) is 2. The molecule has 86 valence electrons. The minimum Gasteiger partial charge on any atom is -0.358 e. The summed E-state index contributed by atoms with van der Waals surface area (Å²) in [5.74, 6) is 0.303. The van der Waals surface area contributed by atoms with Gasteiger partial charge in [0.05, 0.1) is 5.75 Å². The van der Waals surface area contributed by atoms with Crippen molar-refractivity contribution in [2.45, 2.75) is 11.8 Å². The van der Waals surface area contributed by atoms with E-state index < -0.39 is 0 Å². The van der Waals surface area contributed by atoms with Crippen LogP contribution in [0.3, 0.4) is 0 Å². The van der Waals surface area contributed by atoms with E-state index in [1.54, 1.807) is 7.05 Å². The van der Waals surface area contributed by atoms with Crippen LogP contribution in [0.4, 0.5) is 5.69 Å². The van der Waals surface area contributed by atoms with E-state index in [4.69, 9.17) is 0 Å². The van der Waals surface area contributed by atoms with Gasteiger partial charge in [0.2, 0.25) is 11.8 Å². The first-order valence-corrected chi connectivity index (χ1v) is 5.81. The van der Waals surface area contributed by atoms with Crippen LogP contribution >= 0.6 is 11.8 Å². The topological polar surface area (TPSA) is 58.2 Å². The molecule has 0 heterocycles. The highest BCUT2D eigenvalue weighted by Gasteiger charge is 2.00. The second-order valence-corrected chi connectivity index (χ2v) is 4.22. The molecular formula is C11H14N2O2S. The third-order valence-electron chi connectivity index (χ3n) is 1.82. The Morgan fingerprint density at radius 1 is 1.25 bits per heavy atom. The number of carbonyl (C=O) groups excluding carboxylic acids is 2. The normalized spacial score (nSPS) is 9.62. The SMILES string of the molecule is CNC(=O)CSc1ccc(NC(C)=O)cc1. The van der Waals surface area contributed by atoms with Gasteiger partial charge in [0.1, 0.15) is 0 Å². The summed E-state index contributed by atoms with van der Waals surface area (Å²) in [6.07, 6.45) is 0. The van der Waals surface area contributed by atoms with Gasteiger partial charge in [0.15, 0.2) is 0 Å². The van der Waals surface area contributed by atoms with Crippen molar-refractivity contribution in [3.8, 4) is 0 Å². The Bertz CT molecular complexity index is 376. The van der Waals surface area contributed by atoms with Gasteiger partial charge < -0.3 is 10.6 Å². The number of amides is 2. The highest BCUT2D eigenvalue weighted by molar-refractivity contribution is 8.00. The molecule has 0 unspecified atom stereocenters. The van der Waals surface area contributed by atoms with E-state index >= 15 is 0 Å². The van der Waals surface area contributed by atoms with Gasteiger partial charge in [-0.2, -0.15) is 0 Å². The van der Waals surface area contributed by atoms with Gasteiger partial charge >= 0.3 is 0 Å². The monoisotopic (exact) mass is 238 g/mol. The summed E-state index contributed by atoms with van der Waals surface area (Å²) in [4.78, 5) is 22.8. The van der Waals surface area contributed by atoms with E-state index in [1.807, 2.05) is 24.3 Å². The Balaban J connectivity index is 2.51. The van der Waals surface area contributed by atoms with E-state index in [9.17, 15) is 9.59 Å². The highest BCUT2D eigenvalue weighted by atomic mass is 32.2. The molecule has 1 rings (SSSR count). The summed E-state index contributed by atoms with van der Waals surface area (Å²) in [6.45, 7) is 1.47. The molecule has 16 heavy (non-hydrogen) atoms. The molecule has 1 aromatic rings. The molecule has 0 bridgehead atoms. The molecule has 0 aliphatic rings. The van der Waals surface area contributed by atoms with Gasteiger partial charge in [-0.3, -0.25) is 9.59 Å². The molecule has 2 N–H and O–H groups in total. The zero-order valence-electron chi connectivity index (χ0n) is 9.24. The molecule has 5 heteroatoms. The Morgan fingerprint density at radius 2 is 1.88 bits per heavy atom. The second-order valence-electron chi connectivity index (χ2n) is 3.17. The van der Waals surface area contributed by atoms with E-state index in [0.29, 0.717) is 5.75 Å². The minimum atomic E-state index is -0.0919. The minimum absolute atomic E-state index is 0.00376. The zero-order valence-corrected chi connectivity index (χ0v) is 10.1. The predicted octanol–water partition coefficient (Wildman–Crippen LogP) is 1.48. The number of benzene rings is 1. The van der Waals surface area contributed by atoms with E-state index in [2.05, 4.69) is 10.6 Å². The fourth-order valence-corrected chi connectivity index (χ4v) is 1.83. The molecular weight excluding hydrogens is 224 g/mol. The number of hydrogen-bond acceptors (Lipinski definition) is 3. The maximum Gasteiger partial charge on any atom is 0.230 e. The maximum atomic E-state index is 11.0. The van der Waals surface area contributed by atoms with Crippen LogP contribution in [0, 0.1) is 0 Å². The molecule has 0 aromatic heterocycles. The lowest BCUT2D eigenvalue weighted by Gasteiger charge is -2.04. The van der Waals surface area contributed by atoms with Gasteiger partial charge in [-0.25, -0.2) is 0 Å². The Kier molecular flexibility index (Phi) is 4.85. The fourth-order valence-electron chi connectivity index (χ4n) is 1.06. The van der Waals surface area contributed by atoms with Crippen molar-refractivity contribution in [3.05, 3.63) is 24.3 Å². The molecule has 4 nitrogen and oxygen atoms in total. The van der Waals surface area contributed by atoms with E-state index in [1.165, 1.54) is 18.7 Å². The summed E-state index contributed by atoms with van der Waals surface area (Å²) in [6, 6.07) is 7.37. The average molecular weight is 238 g/mol. The molecule has 0 saturated carbocycles. The third-order valence-corrected chi connectivity index (χ3v) is 2.84. The van der Waals surface area contributed by atoms with Crippen molar-refractivity contribution >= 4 is 29.3 Å². The number of hydrogen-bond donors (Lipinski definition) is 2. The molecule has 0 aliphatic carbocycles. The lowest BCUT2D eigenvalue weighted by atomic mass is 10.3. The molecule has 2 amide bonds. The summed E-state index contributed by atoms with van der Waals surface area (Å²) >= 11 is 1.46. The third kappa shape index (κ3) is 4.35. The molecule has 0 fully saturated rings. The van der Waals surface area contributed by atoms with Crippen LogP contribution in [0.15, 0.2) is 29.2 Å². The highest BCUT2D eigenvalue weighted by Crippen LogP contribution is 2.19. The van der Waals surface area contributed by atoms with Crippen molar-refractivity contribution in [1.82, 2.24) is 5.32 Å². The molecule has 0 saturated heterocycles. The average Bonchev–Trinajstić information content (AvgIpc) is 2.27. The largest absolute Gasteiger partial charge is 0.358 e. The number of rotatable bonds is 4. The molecule has 1 aromatic carbocycles. The van der Waals surface area contributed by atoms with Crippen molar-refractivity contribution in [3.63, 3.8) is 0 Å². The summed E-state index contributed by atoms with van der Waals surface area (Å²) in [5.41, 5.74) is 0.761. The number of thioether (sulfide) groups is 1. The summed E-state index contributed by atoms with van der Waals surface area (Å²) in [7, 11) is 1.61. The lowest BCUT2D eigenvalue weighted by Crippen LogP contribution is -2.19. The summed E-state index contributed by atoms with van der Waals surface area (Å²) < 4.78 is 0. The lowest BCUT2D eigenvalue weighted by molar-refractivity contribution is -0.118. The van der Waals surface area contributed by atoms with Crippen LogP contribution < -0.4 is 10.6 Å². The first-order valence-electron chi connectivity index (χ1n) is 4.83. The van der Waals surface area contributed by atoms with Gasteiger partial charge in [-0.05, 0) is 24.3 Å². The van der Waals surface area contributed by atoms with Crippen LogP contribution in [0.5, 0.6) is 0 Å². The predicted molar refractivity (Wildman–Crippen MR) is 65.5 cm³/mol. The number of anilines is 1. The van der Waals surface area contributed by atoms with E-state index in [-0.39, 0.29) is 11.8 Å². The standard InChI is InChI=1S/C11H14N2O2S/c1-8(14)13-9-3-5-10(6-4-9)16-7-11(15)12-2/h3-6H,7H2,1-2H3,(H,12,15)(H,13,14). The molecule has 0 radical (unpaired) electrons. The van der Waals surface area contributed by atoms with Gasteiger partial charge in [-0.15, -0.1) is 11.8 Å². The first-order chi connectivity index (χ1) is 7.61. The molecule has 0 atom stereocenters. The van der Waals surface area contributed by atoms with Gasteiger partial charge in [0, 0.05) is 24.6 Å². The quantitative estimate of drug-likeness (QED) is 0.781. The van der Waals surface area contributed by atoms with Gasteiger partial charge in [0.25, 0.3) is 0 Å². The smallest absolute Gasteiger partial charge is 0.230 e. The Morgan fingerprint density at radius 3 is 2.38 bits per heavy atom. The van der Waals surface area contributed by atoms with Crippen molar-refractivity contribution < 1.29 is 9.59 Å². The van der Waals surface area contributed by atoms with E-state index in [0.717, 1.165) is 10.6 Å².